The maximum absolute atomic E-state index is 12.8. The van der Waals surface area contributed by atoms with Gasteiger partial charge < -0.3 is 0 Å². The van der Waals surface area contributed by atoms with E-state index in [2.05, 4.69) is 9.97 Å². The highest BCUT2D eigenvalue weighted by molar-refractivity contribution is 7.98. The highest BCUT2D eigenvalue weighted by Crippen LogP contribution is 2.25. The first-order valence-electron chi connectivity index (χ1n) is 5.69. The molecular formula is C13H11Cl2FN2S. The first kappa shape index (κ1) is 14.6. The Balaban J connectivity index is 2.09. The lowest BCUT2D eigenvalue weighted by molar-refractivity contribution is 0.626. The summed E-state index contributed by atoms with van der Waals surface area (Å²) in [6.45, 7) is 1.95. The van der Waals surface area contributed by atoms with E-state index in [1.807, 2.05) is 6.92 Å². The van der Waals surface area contributed by atoms with Crippen LogP contribution in [0.15, 0.2) is 29.2 Å². The molecule has 0 saturated carbocycles. The summed E-state index contributed by atoms with van der Waals surface area (Å²) in [5.74, 6) is 0.857. The first-order valence-corrected chi connectivity index (χ1v) is 7.43. The van der Waals surface area contributed by atoms with E-state index in [1.54, 1.807) is 12.1 Å². The summed E-state index contributed by atoms with van der Waals surface area (Å²) in [6.07, 6.45) is 0.697. The Morgan fingerprint density at radius 1 is 1.11 bits per heavy atom. The van der Waals surface area contributed by atoms with Crippen molar-refractivity contribution in [1.82, 2.24) is 9.97 Å². The fraction of sp³-hybridized carbons (Fsp3) is 0.231. The zero-order valence-corrected chi connectivity index (χ0v) is 12.5. The number of halogens is 3. The van der Waals surface area contributed by atoms with Crippen molar-refractivity contribution in [2.75, 3.05) is 0 Å². The molecule has 6 heteroatoms. The average molecular weight is 317 g/mol. The lowest BCUT2D eigenvalue weighted by Gasteiger charge is -2.06. The highest BCUT2D eigenvalue weighted by atomic mass is 35.5. The van der Waals surface area contributed by atoms with Gasteiger partial charge in [-0.3, -0.25) is 0 Å². The van der Waals surface area contributed by atoms with E-state index in [9.17, 15) is 4.39 Å². The molecular weight excluding hydrogens is 306 g/mol. The number of aromatic nitrogens is 2. The smallest absolute Gasteiger partial charge is 0.142 e. The van der Waals surface area contributed by atoms with Crippen molar-refractivity contribution >= 4 is 35.0 Å². The molecule has 0 N–H and O–H groups in total. The van der Waals surface area contributed by atoms with Crippen molar-refractivity contribution < 1.29 is 4.39 Å². The van der Waals surface area contributed by atoms with Crippen LogP contribution >= 0.6 is 35.0 Å². The van der Waals surface area contributed by atoms with Gasteiger partial charge in [0.25, 0.3) is 0 Å². The second-order valence-corrected chi connectivity index (χ2v) is 5.56. The van der Waals surface area contributed by atoms with E-state index >= 15 is 0 Å². The molecule has 1 aromatic carbocycles. The molecule has 0 atom stereocenters. The number of rotatable bonds is 4. The lowest BCUT2D eigenvalue weighted by Crippen LogP contribution is -1.98. The van der Waals surface area contributed by atoms with Crippen LogP contribution in [-0.4, -0.2) is 9.97 Å². The summed E-state index contributed by atoms with van der Waals surface area (Å²) in [6, 6.07) is 6.26. The molecule has 0 saturated heterocycles. The zero-order chi connectivity index (χ0) is 13.8. The third-order valence-corrected chi connectivity index (χ3v) is 4.12. The molecule has 0 bridgehead atoms. The van der Waals surface area contributed by atoms with Gasteiger partial charge >= 0.3 is 0 Å². The molecule has 2 aromatic rings. The van der Waals surface area contributed by atoms with Crippen molar-refractivity contribution in [3.05, 3.63) is 51.8 Å². The van der Waals surface area contributed by atoms with Crippen molar-refractivity contribution in [2.45, 2.75) is 24.0 Å². The molecule has 1 aromatic heterocycles. The monoisotopic (exact) mass is 316 g/mol. The molecule has 0 spiro atoms. The first-order chi connectivity index (χ1) is 9.10. The molecule has 0 aliphatic carbocycles. The van der Waals surface area contributed by atoms with Gasteiger partial charge in [0.2, 0.25) is 0 Å². The Labute approximate surface area is 125 Å². The standard InChI is InChI=1S/C13H11Cl2FN2S/c1-2-10-12(14)17-11(18-13(10)15)7-19-9-5-3-8(16)4-6-9/h3-6H,2,7H2,1H3. The van der Waals surface area contributed by atoms with Crippen LogP contribution in [0.4, 0.5) is 4.39 Å². The number of hydrogen-bond donors (Lipinski definition) is 0. The molecule has 0 unspecified atom stereocenters. The van der Waals surface area contributed by atoms with Gasteiger partial charge in [-0.1, -0.05) is 30.1 Å². The summed E-state index contributed by atoms with van der Waals surface area (Å²) in [4.78, 5) is 9.37. The normalized spacial score (nSPS) is 10.7. The molecule has 0 amide bonds. The molecule has 0 aliphatic heterocycles. The van der Waals surface area contributed by atoms with Gasteiger partial charge in [-0.15, -0.1) is 11.8 Å². The maximum Gasteiger partial charge on any atom is 0.142 e. The Bertz CT molecular complexity index is 552. The van der Waals surface area contributed by atoms with Crippen LogP contribution in [0.1, 0.15) is 18.3 Å². The van der Waals surface area contributed by atoms with Crippen LogP contribution < -0.4 is 0 Å². The molecule has 0 fully saturated rings. The van der Waals surface area contributed by atoms with E-state index in [4.69, 9.17) is 23.2 Å². The minimum atomic E-state index is -0.251. The van der Waals surface area contributed by atoms with Gasteiger partial charge in [-0.05, 0) is 30.7 Å². The summed E-state index contributed by atoms with van der Waals surface area (Å²) < 4.78 is 12.8. The minimum absolute atomic E-state index is 0.251. The van der Waals surface area contributed by atoms with Gasteiger partial charge in [-0.25, -0.2) is 14.4 Å². The van der Waals surface area contributed by atoms with E-state index < -0.39 is 0 Å². The van der Waals surface area contributed by atoms with E-state index in [0.717, 1.165) is 10.5 Å². The van der Waals surface area contributed by atoms with Crippen molar-refractivity contribution in [2.24, 2.45) is 0 Å². The van der Waals surface area contributed by atoms with Crippen molar-refractivity contribution in [3.63, 3.8) is 0 Å². The van der Waals surface area contributed by atoms with Crippen molar-refractivity contribution in [3.8, 4) is 0 Å². The molecule has 2 nitrogen and oxygen atoms in total. The van der Waals surface area contributed by atoms with Gasteiger partial charge in [0, 0.05) is 10.5 Å². The van der Waals surface area contributed by atoms with Gasteiger partial charge in [0.15, 0.2) is 0 Å². The highest BCUT2D eigenvalue weighted by Gasteiger charge is 2.10. The largest absolute Gasteiger partial charge is 0.220 e. The van der Waals surface area contributed by atoms with E-state index in [1.165, 1.54) is 23.9 Å². The van der Waals surface area contributed by atoms with E-state index in [0.29, 0.717) is 28.3 Å². The Morgan fingerprint density at radius 2 is 1.68 bits per heavy atom. The van der Waals surface area contributed by atoms with E-state index in [-0.39, 0.29) is 5.82 Å². The fourth-order valence-electron chi connectivity index (χ4n) is 1.51. The van der Waals surface area contributed by atoms with Crippen molar-refractivity contribution in [1.29, 1.82) is 0 Å². The molecule has 100 valence electrons. The van der Waals surface area contributed by atoms with Gasteiger partial charge in [0.05, 0.1) is 5.75 Å². The Morgan fingerprint density at radius 3 is 2.21 bits per heavy atom. The SMILES string of the molecule is CCc1c(Cl)nc(CSc2ccc(F)cc2)nc1Cl. The molecule has 19 heavy (non-hydrogen) atoms. The predicted molar refractivity (Wildman–Crippen MR) is 77.4 cm³/mol. The second kappa shape index (κ2) is 6.55. The average Bonchev–Trinajstić information content (AvgIpc) is 2.38. The summed E-state index contributed by atoms with van der Waals surface area (Å²) >= 11 is 13.6. The minimum Gasteiger partial charge on any atom is -0.220 e. The Kier molecular flexibility index (Phi) is 5.02. The lowest BCUT2D eigenvalue weighted by atomic mass is 10.3. The third-order valence-electron chi connectivity index (χ3n) is 2.49. The second-order valence-electron chi connectivity index (χ2n) is 3.80. The summed E-state index contributed by atoms with van der Waals surface area (Å²) in [5.41, 5.74) is 0.763. The van der Waals surface area contributed by atoms with Crippen LogP contribution in [-0.2, 0) is 12.2 Å². The van der Waals surface area contributed by atoms with Gasteiger partial charge in [0.1, 0.15) is 21.9 Å². The predicted octanol–water partition coefficient (Wildman–Crippen LogP) is 4.78. The maximum atomic E-state index is 12.8. The van der Waals surface area contributed by atoms with Crippen LogP contribution in [0.5, 0.6) is 0 Å². The Hall–Kier alpha value is -0.840. The zero-order valence-electron chi connectivity index (χ0n) is 10.2. The van der Waals surface area contributed by atoms with Crippen LogP contribution in [0.2, 0.25) is 10.3 Å². The molecule has 0 radical (unpaired) electrons. The molecule has 1 heterocycles. The fourth-order valence-corrected chi connectivity index (χ4v) is 2.95. The number of hydrogen-bond acceptors (Lipinski definition) is 3. The van der Waals surface area contributed by atoms with Crippen LogP contribution in [0, 0.1) is 5.82 Å². The quantitative estimate of drug-likeness (QED) is 0.600. The summed E-state index contributed by atoms with van der Waals surface area (Å²) in [7, 11) is 0. The third kappa shape index (κ3) is 3.81. The number of thioether (sulfide) groups is 1. The topological polar surface area (TPSA) is 25.8 Å². The van der Waals surface area contributed by atoms with Gasteiger partial charge in [-0.2, -0.15) is 0 Å². The molecule has 2 rings (SSSR count). The number of benzene rings is 1. The number of nitrogens with zero attached hydrogens (tertiary/aromatic N) is 2. The molecule has 0 aliphatic rings. The summed E-state index contributed by atoms with van der Waals surface area (Å²) in [5, 5.41) is 0.800. The van der Waals surface area contributed by atoms with Crippen LogP contribution in [0.25, 0.3) is 0 Å². The van der Waals surface area contributed by atoms with Crippen LogP contribution in [0.3, 0.4) is 0 Å².